The van der Waals surface area contributed by atoms with Gasteiger partial charge in [0.05, 0.1) is 12.3 Å². The third-order valence-corrected chi connectivity index (χ3v) is 2.33. The molecule has 0 unspecified atom stereocenters. The molecule has 0 fully saturated rings. The van der Waals surface area contributed by atoms with Crippen LogP contribution in [0.3, 0.4) is 0 Å². The van der Waals surface area contributed by atoms with Crippen molar-refractivity contribution in [3.05, 3.63) is 29.8 Å². The zero-order valence-corrected chi connectivity index (χ0v) is 10.6. The number of nitrogens with one attached hydrogen (secondary N) is 1. The van der Waals surface area contributed by atoms with Gasteiger partial charge in [-0.2, -0.15) is 0 Å². The Balaban J connectivity index is 2.46. The predicted molar refractivity (Wildman–Crippen MR) is 68.1 cm³/mol. The summed E-state index contributed by atoms with van der Waals surface area (Å²) in [6.45, 7) is 2.27. The standard InChI is InChI=1S/C12H15N5O/c1-8-14-5-4-10(15-8)12-16-9(7-18-3)6-11(13-2)17-12/h4-6H,7H2,1-3H3,(H,13,16,17). The summed E-state index contributed by atoms with van der Waals surface area (Å²) in [6.07, 6.45) is 1.70. The van der Waals surface area contributed by atoms with Crippen LogP contribution in [0.5, 0.6) is 0 Å². The monoisotopic (exact) mass is 245 g/mol. The van der Waals surface area contributed by atoms with Crippen LogP contribution < -0.4 is 5.32 Å². The van der Waals surface area contributed by atoms with Gasteiger partial charge in [0.1, 0.15) is 17.3 Å². The Morgan fingerprint density at radius 2 is 2.11 bits per heavy atom. The van der Waals surface area contributed by atoms with E-state index in [4.69, 9.17) is 4.74 Å². The van der Waals surface area contributed by atoms with E-state index in [9.17, 15) is 0 Å². The molecule has 2 aromatic heterocycles. The summed E-state index contributed by atoms with van der Waals surface area (Å²) in [7, 11) is 3.45. The number of rotatable bonds is 4. The molecule has 0 bridgehead atoms. The molecule has 0 atom stereocenters. The molecule has 0 amide bonds. The van der Waals surface area contributed by atoms with E-state index in [0.29, 0.717) is 23.9 Å². The van der Waals surface area contributed by atoms with Crippen molar-refractivity contribution in [3.63, 3.8) is 0 Å². The molecule has 0 radical (unpaired) electrons. The van der Waals surface area contributed by atoms with Crippen LogP contribution in [0, 0.1) is 6.92 Å². The van der Waals surface area contributed by atoms with Gasteiger partial charge in [0, 0.05) is 26.4 Å². The summed E-state index contributed by atoms with van der Waals surface area (Å²) in [5.41, 5.74) is 1.51. The van der Waals surface area contributed by atoms with Crippen molar-refractivity contribution in [2.75, 3.05) is 19.5 Å². The van der Waals surface area contributed by atoms with Gasteiger partial charge < -0.3 is 10.1 Å². The fraction of sp³-hybridized carbons (Fsp3) is 0.333. The maximum Gasteiger partial charge on any atom is 0.180 e. The second kappa shape index (κ2) is 5.50. The van der Waals surface area contributed by atoms with Gasteiger partial charge in [0.2, 0.25) is 0 Å². The van der Waals surface area contributed by atoms with Crippen molar-refractivity contribution in [2.24, 2.45) is 0 Å². The highest BCUT2D eigenvalue weighted by Gasteiger charge is 2.08. The lowest BCUT2D eigenvalue weighted by Gasteiger charge is -2.07. The van der Waals surface area contributed by atoms with Gasteiger partial charge in [0.25, 0.3) is 0 Å². The number of nitrogens with zero attached hydrogens (tertiary/aromatic N) is 4. The third-order valence-electron chi connectivity index (χ3n) is 2.33. The van der Waals surface area contributed by atoms with Crippen molar-refractivity contribution in [1.82, 2.24) is 19.9 Å². The van der Waals surface area contributed by atoms with Gasteiger partial charge >= 0.3 is 0 Å². The highest BCUT2D eigenvalue weighted by Crippen LogP contribution is 2.16. The minimum absolute atomic E-state index is 0.439. The van der Waals surface area contributed by atoms with E-state index in [1.807, 2.05) is 20.0 Å². The lowest BCUT2D eigenvalue weighted by atomic mass is 10.3. The van der Waals surface area contributed by atoms with Crippen LogP contribution >= 0.6 is 0 Å². The normalized spacial score (nSPS) is 10.4. The summed E-state index contributed by atoms with van der Waals surface area (Å²) >= 11 is 0. The Morgan fingerprint density at radius 3 is 2.78 bits per heavy atom. The molecule has 0 aromatic carbocycles. The molecule has 18 heavy (non-hydrogen) atoms. The van der Waals surface area contributed by atoms with Crippen LogP contribution in [-0.4, -0.2) is 34.1 Å². The lowest BCUT2D eigenvalue weighted by molar-refractivity contribution is 0.181. The average molecular weight is 245 g/mol. The summed E-state index contributed by atoms with van der Waals surface area (Å²) in [5.74, 6) is 2.00. The molecular weight excluding hydrogens is 230 g/mol. The van der Waals surface area contributed by atoms with Gasteiger partial charge in [-0.15, -0.1) is 0 Å². The van der Waals surface area contributed by atoms with Crippen molar-refractivity contribution >= 4 is 5.82 Å². The number of hydrogen-bond acceptors (Lipinski definition) is 6. The molecule has 0 saturated heterocycles. The van der Waals surface area contributed by atoms with E-state index in [2.05, 4.69) is 25.3 Å². The van der Waals surface area contributed by atoms with Gasteiger partial charge in [0.15, 0.2) is 5.82 Å². The van der Waals surface area contributed by atoms with Crippen molar-refractivity contribution in [2.45, 2.75) is 13.5 Å². The van der Waals surface area contributed by atoms with Crippen molar-refractivity contribution in [3.8, 4) is 11.5 Å². The maximum absolute atomic E-state index is 5.09. The Morgan fingerprint density at radius 1 is 1.28 bits per heavy atom. The summed E-state index contributed by atoms with van der Waals surface area (Å²) in [6, 6.07) is 3.64. The zero-order chi connectivity index (χ0) is 13.0. The first-order valence-corrected chi connectivity index (χ1v) is 5.57. The quantitative estimate of drug-likeness (QED) is 0.878. The highest BCUT2D eigenvalue weighted by atomic mass is 16.5. The Kier molecular flexibility index (Phi) is 3.78. The topological polar surface area (TPSA) is 72.8 Å². The molecular formula is C12H15N5O. The van der Waals surface area contributed by atoms with Gasteiger partial charge in [-0.3, -0.25) is 0 Å². The number of aryl methyl sites for hydroxylation is 1. The number of anilines is 1. The van der Waals surface area contributed by atoms with Crippen molar-refractivity contribution < 1.29 is 4.74 Å². The summed E-state index contributed by atoms with van der Waals surface area (Å²) < 4.78 is 5.09. The smallest absolute Gasteiger partial charge is 0.180 e. The summed E-state index contributed by atoms with van der Waals surface area (Å²) in [5, 5.41) is 3.00. The van der Waals surface area contributed by atoms with E-state index in [1.165, 1.54) is 0 Å². The molecule has 2 heterocycles. The molecule has 0 aliphatic heterocycles. The van der Waals surface area contributed by atoms with Crippen molar-refractivity contribution in [1.29, 1.82) is 0 Å². The molecule has 2 rings (SSSR count). The summed E-state index contributed by atoms with van der Waals surface area (Å²) in [4.78, 5) is 17.2. The van der Waals surface area contributed by atoms with E-state index >= 15 is 0 Å². The van der Waals surface area contributed by atoms with E-state index in [1.54, 1.807) is 19.4 Å². The van der Waals surface area contributed by atoms with Crippen LogP contribution in [-0.2, 0) is 11.3 Å². The highest BCUT2D eigenvalue weighted by molar-refractivity contribution is 5.52. The number of hydrogen-bond donors (Lipinski definition) is 1. The maximum atomic E-state index is 5.09. The SMILES string of the molecule is CNc1cc(COC)nc(-c2ccnc(C)n2)n1. The number of methoxy groups -OCH3 is 1. The molecule has 2 aromatic rings. The second-order valence-electron chi connectivity index (χ2n) is 3.74. The minimum Gasteiger partial charge on any atom is -0.378 e. The number of ether oxygens (including phenoxy) is 1. The molecule has 0 aliphatic carbocycles. The van der Waals surface area contributed by atoms with Crippen LogP contribution in [0.25, 0.3) is 11.5 Å². The molecule has 0 spiro atoms. The first-order valence-electron chi connectivity index (χ1n) is 5.57. The number of aromatic nitrogens is 4. The van der Waals surface area contributed by atoms with Crippen LogP contribution in [0.4, 0.5) is 5.82 Å². The molecule has 6 heteroatoms. The lowest BCUT2D eigenvalue weighted by Crippen LogP contribution is -2.03. The minimum atomic E-state index is 0.439. The largest absolute Gasteiger partial charge is 0.378 e. The van der Waals surface area contributed by atoms with E-state index in [-0.39, 0.29) is 0 Å². The predicted octanol–water partition coefficient (Wildman–Crippen LogP) is 1.43. The van der Waals surface area contributed by atoms with Crippen LogP contribution in [0.2, 0.25) is 0 Å². The van der Waals surface area contributed by atoms with Gasteiger partial charge in [-0.05, 0) is 13.0 Å². The zero-order valence-electron chi connectivity index (χ0n) is 10.6. The van der Waals surface area contributed by atoms with Gasteiger partial charge in [-0.25, -0.2) is 19.9 Å². The first kappa shape index (κ1) is 12.4. The molecule has 1 N–H and O–H groups in total. The van der Waals surface area contributed by atoms with Crippen LogP contribution in [0.15, 0.2) is 18.3 Å². The first-order chi connectivity index (χ1) is 8.72. The van der Waals surface area contributed by atoms with E-state index < -0.39 is 0 Å². The molecule has 0 saturated carbocycles. The fourth-order valence-electron chi connectivity index (χ4n) is 1.54. The van der Waals surface area contributed by atoms with Gasteiger partial charge in [-0.1, -0.05) is 0 Å². The molecule has 94 valence electrons. The molecule has 6 nitrogen and oxygen atoms in total. The van der Waals surface area contributed by atoms with E-state index in [0.717, 1.165) is 11.5 Å². The Hall–Kier alpha value is -2.08. The molecule has 0 aliphatic rings. The van der Waals surface area contributed by atoms with Crippen LogP contribution in [0.1, 0.15) is 11.5 Å². The second-order valence-corrected chi connectivity index (χ2v) is 3.74. The Bertz CT molecular complexity index is 544. The third kappa shape index (κ3) is 2.78. The Labute approximate surface area is 105 Å². The fourth-order valence-corrected chi connectivity index (χ4v) is 1.54. The average Bonchev–Trinajstić information content (AvgIpc) is 2.39.